The van der Waals surface area contributed by atoms with Crippen molar-refractivity contribution in [2.24, 2.45) is 5.92 Å². The normalized spacial score (nSPS) is 23.5. The Hall–Kier alpha value is -0.570. The third-order valence-electron chi connectivity index (χ3n) is 2.89. The Balaban J connectivity index is 2.27. The lowest BCUT2D eigenvalue weighted by Crippen LogP contribution is -2.31. The maximum Gasteiger partial charge on any atom is 0.219 e. The van der Waals surface area contributed by atoms with E-state index >= 15 is 0 Å². The van der Waals surface area contributed by atoms with E-state index in [-0.39, 0.29) is 5.91 Å². The summed E-state index contributed by atoms with van der Waals surface area (Å²) < 4.78 is 0. The molecule has 1 heterocycles. The second kappa shape index (κ2) is 4.61. The number of rotatable bonds is 3. The van der Waals surface area contributed by atoms with Crippen molar-refractivity contribution in [2.45, 2.75) is 20.3 Å². The van der Waals surface area contributed by atoms with Gasteiger partial charge in [-0.2, -0.15) is 0 Å². The van der Waals surface area contributed by atoms with Crippen LogP contribution in [0.1, 0.15) is 20.3 Å². The van der Waals surface area contributed by atoms with Gasteiger partial charge < -0.3 is 9.80 Å². The summed E-state index contributed by atoms with van der Waals surface area (Å²) in [6.45, 7) is 8.25. The third-order valence-corrected chi connectivity index (χ3v) is 2.89. The highest BCUT2D eigenvalue weighted by Crippen LogP contribution is 2.16. The Morgan fingerprint density at radius 1 is 1.62 bits per heavy atom. The van der Waals surface area contributed by atoms with Crippen molar-refractivity contribution in [1.82, 2.24) is 9.80 Å². The molecule has 1 saturated heterocycles. The molecule has 0 aromatic carbocycles. The first-order valence-electron chi connectivity index (χ1n) is 5.07. The highest BCUT2D eigenvalue weighted by atomic mass is 16.2. The average molecular weight is 184 g/mol. The molecule has 0 aromatic rings. The van der Waals surface area contributed by atoms with Gasteiger partial charge >= 0.3 is 0 Å². The number of nitrogens with zero attached hydrogens (tertiary/aromatic N) is 2. The summed E-state index contributed by atoms with van der Waals surface area (Å²) in [6.07, 6.45) is 1.24. The molecule has 1 aliphatic heterocycles. The molecule has 1 aliphatic rings. The van der Waals surface area contributed by atoms with E-state index in [1.165, 1.54) is 13.0 Å². The fraction of sp³-hybridized carbons (Fsp3) is 0.900. The molecular formula is C10H20N2O. The zero-order valence-electron chi connectivity index (χ0n) is 8.92. The van der Waals surface area contributed by atoms with Crippen molar-refractivity contribution in [2.75, 3.05) is 33.2 Å². The minimum Gasteiger partial charge on any atom is -0.346 e. The Kier molecular flexibility index (Phi) is 3.72. The molecule has 0 radical (unpaired) electrons. The number of hydrogen-bond donors (Lipinski definition) is 0. The highest BCUT2D eigenvalue weighted by molar-refractivity contribution is 5.72. The van der Waals surface area contributed by atoms with Crippen molar-refractivity contribution in [1.29, 1.82) is 0 Å². The van der Waals surface area contributed by atoms with Gasteiger partial charge in [0.05, 0.1) is 0 Å². The van der Waals surface area contributed by atoms with Gasteiger partial charge in [0.2, 0.25) is 5.91 Å². The van der Waals surface area contributed by atoms with Crippen LogP contribution in [-0.2, 0) is 4.79 Å². The van der Waals surface area contributed by atoms with Crippen LogP contribution in [0.15, 0.2) is 0 Å². The summed E-state index contributed by atoms with van der Waals surface area (Å²) in [5, 5.41) is 0. The summed E-state index contributed by atoms with van der Waals surface area (Å²) >= 11 is 0. The summed E-state index contributed by atoms with van der Waals surface area (Å²) in [4.78, 5) is 15.3. The van der Waals surface area contributed by atoms with E-state index in [1.807, 2.05) is 11.9 Å². The van der Waals surface area contributed by atoms with Crippen molar-refractivity contribution in [3.63, 3.8) is 0 Å². The van der Waals surface area contributed by atoms with E-state index in [9.17, 15) is 4.79 Å². The van der Waals surface area contributed by atoms with Crippen LogP contribution in [0, 0.1) is 5.92 Å². The van der Waals surface area contributed by atoms with E-state index in [4.69, 9.17) is 0 Å². The van der Waals surface area contributed by atoms with Gasteiger partial charge in [0.15, 0.2) is 0 Å². The number of hydrogen-bond acceptors (Lipinski definition) is 2. The van der Waals surface area contributed by atoms with Crippen molar-refractivity contribution in [3.05, 3.63) is 0 Å². The standard InChI is InChI=1S/C10H20N2O/c1-4-12-6-5-10(8-12)7-11(3)9(2)13/h10H,4-8H2,1-3H3. The summed E-state index contributed by atoms with van der Waals surface area (Å²) in [7, 11) is 1.89. The predicted molar refractivity (Wildman–Crippen MR) is 53.5 cm³/mol. The van der Waals surface area contributed by atoms with Gasteiger partial charge in [-0.3, -0.25) is 4.79 Å². The van der Waals surface area contributed by atoms with Crippen molar-refractivity contribution in [3.8, 4) is 0 Å². The molecule has 0 bridgehead atoms. The molecule has 0 spiro atoms. The molecule has 0 N–H and O–H groups in total. The minimum atomic E-state index is 0.176. The van der Waals surface area contributed by atoms with Gasteiger partial charge in [0, 0.05) is 27.1 Å². The van der Waals surface area contributed by atoms with Crippen LogP contribution < -0.4 is 0 Å². The molecule has 1 unspecified atom stereocenters. The second-order valence-corrected chi connectivity index (χ2v) is 3.95. The van der Waals surface area contributed by atoms with Gasteiger partial charge in [-0.25, -0.2) is 0 Å². The van der Waals surface area contributed by atoms with Crippen LogP contribution in [-0.4, -0.2) is 48.9 Å². The number of amides is 1. The Bertz CT molecular complexity index is 182. The fourth-order valence-electron chi connectivity index (χ4n) is 1.86. The van der Waals surface area contributed by atoms with E-state index in [0.717, 1.165) is 19.6 Å². The Morgan fingerprint density at radius 3 is 2.77 bits per heavy atom. The van der Waals surface area contributed by atoms with Crippen LogP contribution in [0.25, 0.3) is 0 Å². The Morgan fingerprint density at radius 2 is 2.31 bits per heavy atom. The molecule has 13 heavy (non-hydrogen) atoms. The highest BCUT2D eigenvalue weighted by Gasteiger charge is 2.22. The Labute approximate surface area is 80.7 Å². The van der Waals surface area contributed by atoms with Crippen LogP contribution in [0.3, 0.4) is 0 Å². The number of carbonyl (C=O) groups is 1. The molecule has 0 aliphatic carbocycles. The summed E-state index contributed by atoms with van der Waals surface area (Å²) in [5.41, 5.74) is 0. The van der Waals surface area contributed by atoms with E-state index in [2.05, 4.69) is 11.8 Å². The van der Waals surface area contributed by atoms with Gasteiger partial charge in [0.25, 0.3) is 0 Å². The maximum absolute atomic E-state index is 11.0. The van der Waals surface area contributed by atoms with Crippen LogP contribution >= 0.6 is 0 Å². The lowest BCUT2D eigenvalue weighted by Gasteiger charge is -2.19. The summed E-state index contributed by atoms with van der Waals surface area (Å²) in [5.74, 6) is 0.865. The minimum absolute atomic E-state index is 0.176. The van der Waals surface area contributed by atoms with Gasteiger partial charge in [-0.1, -0.05) is 6.92 Å². The smallest absolute Gasteiger partial charge is 0.219 e. The maximum atomic E-state index is 11.0. The number of likely N-dealkylation sites (tertiary alicyclic amines) is 1. The number of carbonyl (C=O) groups excluding carboxylic acids is 1. The van der Waals surface area contributed by atoms with Crippen LogP contribution in [0.2, 0.25) is 0 Å². The zero-order chi connectivity index (χ0) is 9.84. The molecular weight excluding hydrogens is 164 g/mol. The van der Waals surface area contributed by atoms with E-state index < -0.39 is 0 Å². The molecule has 1 atom stereocenters. The first-order chi connectivity index (χ1) is 6.13. The fourth-order valence-corrected chi connectivity index (χ4v) is 1.86. The van der Waals surface area contributed by atoms with E-state index in [1.54, 1.807) is 6.92 Å². The van der Waals surface area contributed by atoms with Crippen LogP contribution in [0.5, 0.6) is 0 Å². The summed E-state index contributed by atoms with van der Waals surface area (Å²) in [6, 6.07) is 0. The van der Waals surface area contributed by atoms with Crippen LogP contribution in [0.4, 0.5) is 0 Å². The van der Waals surface area contributed by atoms with Gasteiger partial charge in [-0.05, 0) is 25.4 Å². The first kappa shape index (κ1) is 10.5. The topological polar surface area (TPSA) is 23.6 Å². The lowest BCUT2D eigenvalue weighted by atomic mass is 10.1. The largest absolute Gasteiger partial charge is 0.346 e. The second-order valence-electron chi connectivity index (χ2n) is 3.95. The molecule has 76 valence electrons. The average Bonchev–Trinajstić information content (AvgIpc) is 2.52. The molecule has 1 fully saturated rings. The first-order valence-corrected chi connectivity index (χ1v) is 5.07. The molecule has 0 saturated carbocycles. The molecule has 0 aromatic heterocycles. The van der Waals surface area contributed by atoms with Crippen molar-refractivity contribution >= 4 is 5.91 Å². The zero-order valence-corrected chi connectivity index (χ0v) is 8.92. The van der Waals surface area contributed by atoms with Crippen molar-refractivity contribution < 1.29 is 4.79 Å². The monoisotopic (exact) mass is 184 g/mol. The van der Waals surface area contributed by atoms with Gasteiger partial charge in [-0.15, -0.1) is 0 Å². The molecule has 3 heteroatoms. The third kappa shape index (κ3) is 2.99. The SMILES string of the molecule is CCN1CCC(CN(C)C(C)=O)C1. The predicted octanol–water partition coefficient (Wildman–Crippen LogP) is 0.806. The lowest BCUT2D eigenvalue weighted by molar-refractivity contribution is -0.128. The van der Waals surface area contributed by atoms with Gasteiger partial charge in [0.1, 0.15) is 0 Å². The van der Waals surface area contributed by atoms with E-state index in [0.29, 0.717) is 5.92 Å². The quantitative estimate of drug-likeness (QED) is 0.648. The molecule has 1 amide bonds. The molecule has 1 rings (SSSR count). The molecule has 3 nitrogen and oxygen atoms in total.